The van der Waals surface area contributed by atoms with Crippen molar-refractivity contribution in [2.24, 2.45) is 10.8 Å². The summed E-state index contributed by atoms with van der Waals surface area (Å²) in [5, 5.41) is 9.38. The van der Waals surface area contributed by atoms with Crippen molar-refractivity contribution in [3.8, 4) is 0 Å². The minimum atomic E-state index is -0.726. The third-order valence-electron chi connectivity index (χ3n) is 11.5. The van der Waals surface area contributed by atoms with Gasteiger partial charge in [0.15, 0.2) is 0 Å². The van der Waals surface area contributed by atoms with E-state index in [9.17, 15) is 0 Å². The van der Waals surface area contributed by atoms with E-state index in [2.05, 4.69) is 159 Å². The smallest absolute Gasteiger partial charge is 0.0235 e. The molecule has 0 saturated heterocycles. The van der Waals surface area contributed by atoms with Crippen LogP contribution in [0.25, 0.3) is 5.57 Å². The molecule has 7 rings (SSSR count). The van der Waals surface area contributed by atoms with Crippen molar-refractivity contribution in [2.45, 2.75) is 80.3 Å². The fourth-order valence-electron chi connectivity index (χ4n) is 9.03. The molecule has 0 aliphatic heterocycles. The Balaban J connectivity index is 1.54. The lowest BCUT2D eigenvalue weighted by Crippen LogP contribution is -2.40. The van der Waals surface area contributed by atoms with E-state index in [1.54, 1.807) is 21.8 Å². The lowest BCUT2D eigenvalue weighted by molar-refractivity contribution is 0.203. The summed E-state index contributed by atoms with van der Waals surface area (Å²) in [6.45, 7) is 21.8. The summed E-state index contributed by atoms with van der Waals surface area (Å²) < 4.78 is 0. The molecule has 0 radical (unpaired) electrons. The van der Waals surface area contributed by atoms with Crippen LogP contribution < -0.4 is 26.5 Å². The quantitative estimate of drug-likeness (QED) is 0.141. The summed E-state index contributed by atoms with van der Waals surface area (Å²) in [5.41, 5.74) is 9.01. The number of fused-ring (bicyclic) bond motifs is 2. The van der Waals surface area contributed by atoms with Gasteiger partial charge >= 0.3 is 0 Å². The van der Waals surface area contributed by atoms with Crippen LogP contribution in [0.1, 0.15) is 71.2 Å². The Hall–Kier alpha value is -2.39. The van der Waals surface area contributed by atoms with E-state index in [1.165, 1.54) is 66.1 Å². The van der Waals surface area contributed by atoms with Crippen molar-refractivity contribution >= 4 is 68.5 Å². The highest BCUT2D eigenvalue weighted by Crippen LogP contribution is 2.80. The second-order valence-corrected chi connectivity index (χ2v) is 21.6. The van der Waals surface area contributed by atoms with Crippen LogP contribution in [-0.2, 0) is 0 Å². The number of hydrogen-bond donors (Lipinski definition) is 0. The van der Waals surface area contributed by atoms with Gasteiger partial charge in [-0.1, -0.05) is 157 Å². The van der Waals surface area contributed by atoms with Crippen molar-refractivity contribution in [3.05, 3.63) is 140 Å². The molecule has 4 atom stereocenters. The Bertz CT molecular complexity index is 1960. The number of hydrogen-bond acceptors (Lipinski definition) is 1. The SMILES string of the molecule is Cc1cc(C)cc(PC2=C(c3c(C)sc(C)c3P(c3ccccc3)c3ccccc3)C3(C)CCC2(Pc2cc(C)cc(C)c2)C3(C)C)c1. The van der Waals surface area contributed by atoms with Crippen molar-refractivity contribution < 1.29 is 0 Å². The first-order chi connectivity index (χ1) is 22.8. The van der Waals surface area contributed by atoms with E-state index < -0.39 is 7.92 Å². The third kappa shape index (κ3) is 5.53. The van der Waals surface area contributed by atoms with E-state index >= 15 is 0 Å². The van der Waals surface area contributed by atoms with Gasteiger partial charge in [-0.3, -0.25) is 0 Å². The maximum atomic E-state index is 2.65. The molecular weight excluding hydrogens is 653 g/mol. The van der Waals surface area contributed by atoms with Crippen LogP contribution in [0.2, 0.25) is 0 Å². The Morgan fingerprint density at radius 3 is 1.62 bits per heavy atom. The molecule has 1 aromatic heterocycles. The van der Waals surface area contributed by atoms with E-state index in [0.717, 1.165) is 8.58 Å². The predicted octanol–water partition coefficient (Wildman–Crippen LogP) is 10.7. The highest BCUT2D eigenvalue weighted by molar-refractivity contribution is 7.80. The van der Waals surface area contributed by atoms with Gasteiger partial charge in [0.25, 0.3) is 0 Å². The largest absolute Gasteiger partial charge is 0.145 e. The highest BCUT2D eigenvalue weighted by Gasteiger charge is 2.69. The minimum Gasteiger partial charge on any atom is -0.145 e. The molecule has 2 aliphatic carbocycles. The summed E-state index contributed by atoms with van der Waals surface area (Å²) in [6, 6.07) is 37.3. The third-order valence-corrected chi connectivity index (χ3v) is 19.2. The fourth-order valence-corrected chi connectivity index (χ4v) is 17.7. The van der Waals surface area contributed by atoms with E-state index in [0.29, 0.717) is 8.58 Å². The summed E-state index contributed by atoms with van der Waals surface area (Å²) in [6.07, 6.45) is 2.51. The summed E-state index contributed by atoms with van der Waals surface area (Å²) >= 11 is 2.03. The van der Waals surface area contributed by atoms with Gasteiger partial charge in [-0.2, -0.15) is 0 Å². The van der Waals surface area contributed by atoms with Gasteiger partial charge < -0.3 is 0 Å². The summed E-state index contributed by atoms with van der Waals surface area (Å²) in [7, 11) is 0.691. The molecule has 246 valence electrons. The molecule has 0 amide bonds. The van der Waals surface area contributed by atoms with Crippen LogP contribution in [0.5, 0.6) is 0 Å². The number of thiophene rings is 1. The normalized spacial score (nSPS) is 22.0. The molecule has 5 aromatic rings. The average molecular weight is 703 g/mol. The van der Waals surface area contributed by atoms with Crippen LogP contribution in [0.15, 0.2) is 102 Å². The second-order valence-electron chi connectivity index (χ2n) is 15.1. The molecular formula is C44H49P3S. The maximum absolute atomic E-state index is 2.65. The molecule has 4 heteroatoms. The van der Waals surface area contributed by atoms with Gasteiger partial charge in [0.05, 0.1) is 0 Å². The number of benzene rings is 4. The maximum Gasteiger partial charge on any atom is 0.0235 e. The molecule has 1 fully saturated rings. The Labute approximate surface area is 298 Å². The predicted molar refractivity (Wildman–Crippen MR) is 221 cm³/mol. The Morgan fingerprint density at radius 2 is 1.10 bits per heavy atom. The summed E-state index contributed by atoms with van der Waals surface area (Å²) in [5.74, 6) is 0. The van der Waals surface area contributed by atoms with Gasteiger partial charge in [-0.05, 0) is 105 Å². The van der Waals surface area contributed by atoms with Gasteiger partial charge in [0.1, 0.15) is 0 Å². The lowest BCUT2D eigenvalue weighted by atomic mass is 9.66. The molecule has 0 N–H and O–H groups in total. The Morgan fingerprint density at radius 1 is 0.604 bits per heavy atom. The number of rotatable bonds is 8. The molecule has 1 heterocycles. The average Bonchev–Trinajstić information content (AvgIpc) is 3.46. The molecule has 48 heavy (non-hydrogen) atoms. The zero-order valence-electron chi connectivity index (χ0n) is 30.0. The number of aryl methyl sites for hydroxylation is 6. The van der Waals surface area contributed by atoms with Crippen LogP contribution in [0.3, 0.4) is 0 Å². The first-order valence-electron chi connectivity index (χ1n) is 17.3. The van der Waals surface area contributed by atoms with Crippen molar-refractivity contribution in [1.29, 1.82) is 0 Å². The van der Waals surface area contributed by atoms with Gasteiger partial charge in [0, 0.05) is 25.8 Å². The molecule has 0 spiro atoms. The van der Waals surface area contributed by atoms with E-state index in [4.69, 9.17) is 0 Å². The molecule has 1 saturated carbocycles. The second kappa shape index (κ2) is 12.7. The Kier molecular flexibility index (Phi) is 9.04. The topological polar surface area (TPSA) is 0 Å². The summed E-state index contributed by atoms with van der Waals surface area (Å²) in [4.78, 5) is 2.98. The standard InChI is InChI=1S/C44H49P3S/c1-28-22-29(2)25-34(24-28)45-41-39(43(9)20-21-44(41,42(43,7)8)46-35-26-30(3)23-31(4)27-35)38-32(5)48-33(6)40(38)47(36-16-12-10-13-17-36)37-18-14-11-15-19-37/h10-19,22-27,45-46H,20-21H2,1-9H3. The molecule has 4 unspecified atom stereocenters. The van der Waals surface area contributed by atoms with Crippen molar-refractivity contribution in [1.82, 2.24) is 0 Å². The molecule has 0 nitrogen and oxygen atoms in total. The van der Waals surface area contributed by atoms with Crippen LogP contribution >= 0.6 is 36.4 Å². The first kappa shape index (κ1) is 34.1. The molecule has 2 aliphatic rings. The molecule has 4 aromatic carbocycles. The van der Waals surface area contributed by atoms with Crippen LogP contribution in [0.4, 0.5) is 0 Å². The zero-order valence-corrected chi connectivity index (χ0v) is 33.7. The fraction of sp³-hybridized carbons (Fsp3) is 0.318. The van der Waals surface area contributed by atoms with Crippen LogP contribution in [-0.4, -0.2) is 5.16 Å². The van der Waals surface area contributed by atoms with Gasteiger partial charge in [-0.15, -0.1) is 11.3 Å². The minimum absolute atomic E-state index is 0.0848. The van der Waals surface area contributed by atoms with E-state index in [1.807, 2.05) is 11.3 Å². The van der Waals surface area contributed by atoms with Crippen molar-refractivity contribution in [3.63, 3.8) is 0 Å². The van der Waals surface area contributed by atoms with Gasteiger partial charge in [0.2, 0.25) is 0 Å². The van der Waals surface area contributed by atoms with Crippen LogP contribution in [0, 0.1) is 52.4 Å². The van der Waals surface area contributed by atoms with Crippen molar-refractivity contribution in [2.75, 3.05) is 0 Å². The first-order valence-corrected chi connectivity index (χ1v) is 21.5. The monoisotopic (exact) mass is 702 g/mol. The lowest BCUT2D eigenvalue weighted by Gasteiger charge is -2.44. The molecule has 2 bridgehead atoms. The highest BCUT2D eigenvalue weighted by atomic mass is 32.1. The van der Waals surface area contributed by atoms with Gasteiger partial charge in [-0.25, -0.2) is 0 Å². The zero-order chi connectivity index (χ0) is 34.0. The van der Waals surface area contributed by atoms with E-state index in [-0.39, 0.29) is 16.0 Å². The number of allylic oxidation sites excluding steroid dienone is 2.